The number of benzene rings is 1. The average Bonchev–Trinajstić information content (AvgIpc) is 2.92. The second-order valence-corrected chi connectivity index (χ2v) is 8.90. The van der Waals surface area contributed by atoms with Crippen LogP contribution in [0.4, 0.5) is 5.69 Å². The number of nitrogens with zero attached hydrogens (tertiary/aromatic N) is 4. The van der Waals surface area contributed by atoms with Gasteiger partial charge in [0.25, 0.3) is 0 Å². The molecular weight excluding hydrogens is 391 g/mol. The number of rotatable bonds is 3. The zero-order valence-corrected chi connectivity index (χ0v) is 18.8. The zero-order valence-electron chi connectivity index (χ0n) is 18.1. The van der Waals surface area contributed by atoms with E-state index in [-0.39, 0.29) is 0 Å². The first-order valence-electron chi connectivity index (χ1n) is 10.5. The van der Waals surface area contributed by atoms with Crippen LogP contribution < -0.4 is 10.4 Å². The summed E-state index contributed by atoms with van der Waals surface area (Å²) in [6.45, 7) is 10.3. The molecule has 0 bridgehead atoms. The highest BCUT2D eigenvalue weighted by Gasteiger charge is 2.25. The number of hydrogen-bond acceptors (Lipinski definition) is 3. The number of anilines is 1. The van der Waals surface area contributed by atoms with Gasteiger partial charge in [-0.25, -0.2) is 4.98 Å². The normalized spacial score (nSPS) is 15.0. The fraction of sp³-hybridized carbons (Fsp3) is 0.417. The van der Waals surface area contributed by atoms with Gasteiger partial charge in [-0.15, -0.1) is 0 Å². The lowest BCUT2D eigenvalue weighted by atomic mass is 9.93. The predicted molar refractivity (Wildman–Crippen MR) is 126 cm³/mol. The highest BCUT2D eigenvalue weighted by molar-refractivity contribution is 6.37. The Kier molecular flexibility index (Phi) is 5.55. The Labute approximate surface area is 184 Å². The molecule has 0 N–H and O–H groups in total. The fourth-order valence-electron chi connectivity index (χ4n) is 4.75. The number of piperidine rings is 1. The van der Waals surface area contributed by atoms with Gasteiger partial charge in [0.2, 0.25) is 0 Å². The van der Waals surface area contributed by atoms with Gasteiger partial charge in [-0.2, -0.15) is 5.26 Å². The number of nitriles is 1. The van der Waals surface area contributed by atoms with Crippen molar-refractivity contribution in [3.63, 3.8) is 0 Å². The summed E-state index contributed by atoms with van der Waals surface area (Å²) in [5.41, 5.74) is 8.15. The van der Waals surface area contributed by atoms with Gasteiger partial charge in [0.15, 0.2) is 0 Å². The Morgan fingerprint density at radius 2 is 1.87 bits per heavy atom. The number of hydrogen-bond donors (Lipinski definition) is 0. The largest absolute Gasteiger partial charge is 0.371 e. The zero-order chi connectivity index (χ0) is 21.6. The molecule has 2 radical (unpaired) electrons. The summed E-state index contributed by atoms with van der Waals surface area (Å²) in [5.74, 6) is 0.508. The van der Waals surface area contributed by atoms with Crippen LogP contribution >= 0.6 is 11.6 Å². The second-order valence-electron chi connectivity index (χ2n) is 8.49. The molecule has 1 aliphatic rings. The van der Waals surface area contributed by atoms with E-state index in [4.69, 9.17) is 29.7 Å². The standard InChI is InChI=1S/C24H26BClN4/c1-14-11-19(25)13-20(26)23(14)30-17(4)16(3)22-21(12-15(2)28-24(22)30)29-9-6-18(5-8-27)7-10-29/h11-13,18H,5-7,9-10H2,1-4H3. The molecule has 0 unspecified atom stereocenters. The van der Waals surface area contributed by atoms with E-state index in [1.807, 2.05) is 19.9 Å². The summed E-state index contributed by atoms with van der Waals surface area (Å²) < 4.78 is 2.18. The van der Waals surface area contributed by atoms with Crippen LogP contribution in [0.25, 0.3) is 16.7 Å². The average molecular weight is 417 g/mol. The summed E-state index contributed by atoms with van der Waals surface area (Å²) >= 11 is 6.66. The van der Waals surface area contributed by atoms with Crippen LogP contribution in [0.1, 0.15) is 41.8 Å². The lowest BCUT2D eigenvalue weighted by molar-refractivity contribution is 0.413. The number of aromatic nitrogens is 2. The third-order valence-corrected chi connectivity index (χ3v) is 6.70. The molecule has 3 heterocycles. The SMILES string of the molecule is [B]c1cc(C)c(-n2c(C)c(C)c3c(N4CCC(CC#N)CC4)cc(C)nc32)c(Cl)c1. The molecule has 0 spiro atoms. The lowest BCUT2D eigenvalue weighted by Gasteiger charge is -2.33. The Balaban J connectivity index is 1.89. The van der Waals surface area contributed by atoms with Crippen molar-refractivity contribution in [3.05, 3.63) is 45.7 Å². The highest BCUT2D eigenvalue weighted by atomic mass is 35.5. The van der Waals surface area contributed by atoms with Gasteiger partial charge in [0.05, 0.1) is 16.8 Å². The van der Waals surface area contributed by atoms with Gasteiger partial charge in [0.1, 0.15) is 13.5 Å². The molecule has 4 nitrogen and oxygen atoms in total. The van der Waals surface area contributed by atoms with Gasteiger partial charge in [-0.3, -0.25) is 4.57 Å². The summed E-state index contributed by atoms with van der Waals surface area (Å²) in [6.07, 6.45) is 2.76. The third-order valence-electron chi connectivity index (χ3n) is 6.41. The highest BCUT2D eigenvalue weighted by Crippen LogP contribution is 2.38. The smallest absolute Gasteiger partial charge is 0.147 e. The van der Waals surface area contributed by atoms with E-state index in [1.165, 1.54) is 16.6 Å². The first kappa shape index (κ1) is 20.8. The Hall–Kier alpha value is -2.45. The van der Waals surface area contributed by atoms with Crippen molar-refractivity contribution in [2.75, 3.05) is 18.0 Å². The molecule has 2 aromatic heterocycles. The molecule has 0 saturated carbocycles. The van der Waals surface area contributed by atoms with E-state index in [2.05, 4.69) is 35.5 Å². The lowest BCUT2D eigenvalue weighted by Crippen LogP contribution is -2.33. The van der Waals surface area contributed by atoms with Gasteiger partial charge >= 0.3 is 0 Å². The van der Waals surface area contributed by atoms with E-state index in [9.17, 15) is 0 Å². The monoisotopic (exact) mass is 416 g/mol. The van der Waals surface area contributed by atoms with Crippen LogP contribution in [0.15, 0.2) is 18.2 Å². The van der Waals surface area contributed by atoms with Crippen LogP contribution in [0, 0.1) is 44.9 Å². The van der Waals surface area contributed by atoms with Crippen molar-refractivity contribution in [1.29, 1.82) is 5.26 Å². The number of fused-ring (bicyclic) bond motifs is 1. The summed E-state index contributed by atoms with van der Waals surface area (Å²) in [7, 11) is 6.00. The molecule has 1 aliphatic heterocycles. The van der Waals surface area contributed by atoms with Crippen LogP contribution in [0.3, 0.4) is 0 Å². The molecule has 6 heteroatoms. The minimum absolute atomic E-state index is 0.508. The van der Waals surface area contributed by atoms with Crippen LogP contribution in [0.5, 0.6) is 0 Å². The Bertz CT molecular complexity index is 1140. The molecule has 152 valence electrons. The molecule has 1 fully saturated rings. The summed E-state index contributed by atoms with van der Waals surface area (Å²) in [6, 6.07) is 8.29. The molecule has 0 atom stereocenters. The van der Waals surface area contributed by atoms with Crippen molar-refractivity contribution in [1.82, 2.24) is 9.55 Å². The maximum absolute atomic E-state index is 9.03. The number of aryl methyl sites for hydroxylation is 3. The minimum atomic E-state index is 0.508. The van der Waals surface area contributed by atoms with Crippen molar-refractivity contribution in [2.45, 2.75) is 47.0 Å². The maximum atomic E-state index is 9.03. The molecule has 30 heavy (non-hydrogen) atoms. The number of pyridine rings is 1. The van der Waals surface area contributed by atoms with E-state index < -0.39 is 0 Å². The van der Waals surface area contributed by atoms with Gasteiger partial charge in [0, 0.05) is 42.0 Å². The third kappa shape index (κ3) is 3.48. The Morgan fingerprint density at radius 3 is 2.50 bits per heavy atom. The number of halogens is 1. The van der Waals surface area contributed by atoms with Gasteiger partial charge in [-0.1, -0.05) is 23.1 Å². The summed E-state index contributed by atoms with van der Waals surface area (Å²) in [4.78, 5) is 7.40. The molecular formula is C24H26BClN4. The first-order valence-corrected chi connectivity index (χ1v) is 10.9. The minimum Gasteiger partial charge on any atom is -0.371 e. The van der Waals surface area contributed by atoms with E-state index in [1.54, 1.807) is 6.07 Å². The predicted octanol–water partition coefficient (Wildman–Crippen LogP) is 4.84. The van der Waals surface area contributed by atoms with E-state index in [0.29, 0.717) is 22.8 Å². The van der Waals surface area contributed by atoms with Crippen LogP contribution in [0.2, 0.25) is 5.02 Å². The molecule has 0 aliphatic carbocycles. The topological polar surface area (TPSA) is 44.9 Å². The van der Waals surface area contributed by atoms with Crippen molar-refractivity contribution >= 4 is 41.6 Å². The second kappa shape index (κ2) is 8.00. The Morgan fingerprint density at radius 1 is 1.17 bits per heavy atom. The molecule has 1 aromatic carbocycles. The van der Waals surface area contributed by atoms with Gasteiger partial charge in [-0.05, 0) is 69.7 Å². The van der Waals surface area contributed by atoms with Crippen molar-refractivity contribution in [2.24, 2.45) is 5.92 Å². The van der Waals surface area contributed by atoms with Crippen molar-refractivity contribution in [3.8, 4) is 11.8 Å². The van der Waals surface area contributed by atoms with Crippen LogP contribution in [-0.2, 0) is 0 Å². The van der Waals surface area contributed by atoms with E-state index >= 15 is 0 Å². The van der Waals surface area contributed by atoms with Gasteiger partial charge < -0.3 is 4.90 Å². The molecule has 4 rings (SSSR count). The first-order chi connectivity index (χ1) is 14.3. The molecule has 1 saturated heterocycles. The molecule has 0 amide bonds. The molecule has 3 aromatic rings. The van der Waals surface area contributed by atoms with Crippen molar-refractivity contribution < 1.29 is 0 Å². The maximum Gasteiger partial charge on any atom is 0.147 e. The fourth-order valence-corrected chi connectivity index (χ4v) is 5.10. The van der Waals surface area contributed by atoms with Crippen LogP contribution in [-0.4, -0.2) is 30.5 Å². The summed E-state index contributed by atoms with van der Waals surface area (Å²) in [5, 5.41) is 10.8. The van der Waals surface area contributed by atoms with E-state index in [0.717, 1.165) is 54.2 Å². The quantitative estimate of drug-likeness (QED) is 0.574.